The van der Waals surface area contributed by atoms with Gasteiger partial charge in [0.05, 0.1) is 12.3 Å². The highest BCUT2D eigenvalue weighted by Gasteiger charge is 2.34. The smallest absolute Gasteiger partial charge is 0.341 e. The van der Waals surface area contributed by atoms with Crippen molar-refractivity contribution in [1.82, 2.24) is 4.57 Å². The Morgan fingerprint density at radius 3 is 2.21 bits per heavy atom. The molecule has 0 unspecified atom stereocenters. The standard InChI is InChI=1S/C20H17Cl2NO4S/c1-3-27-20(24)17-13(2)23(16-7-5-4-6-8-16)18(19(17)28(22,25)26)14-9-11-15(21)12-10-14/h4-12H,3H2,1-2H3. The zero-order valence-corrected chi connectivity index (χ0v) is 17.5. The van der Waals surface area contributed by atoms with Gasteiger partial charge in [0.25, 0.3) is 9.05 Å². The lowest BCUT2D eigenvalue weighted by Crippen LogP contribution is -2.09. The second-order valence-electron chi connectivity index (χ2n) is 5.97. The number of carbonyl (C=O) groups excluding carboxylic acids is 1. The Kier molecular flexibility index (Phi) is 5.84. The minimum atomic E-state index is -4.28. The number of aromatic nitrogens is 1. The molecule has 5 nitrogen and oxygen atoms in total. The van der Waals surface area contributed by atoms with Crippen molar-refractivity contribution < 1.29 is 17.9 Å². The fraction of sp³-hybridized carbons (Fsp3) is 0.150. The number of carbonyl (C=O) groups is 1. The van der Waals surface area contributed by atoms with Crippen LogP contribution < -0.4 is 0 Å². The van der Waals surface area contributed by atoms with E-state index in [9.17, 15) is 13.2 Å². The molecule has 0 spiro atoms. The zero-order chi connectivity index (χ0) is 20.5. The van der Waals surface area contributed by atoms with Crippen molar-refractivity contribution in [2.45, 2.75) is 18.7 Å². The van der Waals surface area contributed by atoms with Gasteiger partial charge in [-0.25, -0.2) is 13.2 Å². The molecule has 2 aromatic carbocycles. The van der Waals surface area contributed by atoms with Gasteiger partial charge in [-0.3, -0.25) is 0 Å². The normalized spacial score (nSPS) is 11.4. The van der Waals surface area contributed by atoms with Crippen LogP contribution in [0, 0.1) is 6.92 Å². The molecule has 0 bridgehead atoms. The third-order valence-electron chi connectivity index (χ3n) is 4.22. The molecule has 0 fully saturated rings. The van der Waals surface area contributed by atoms with Crippen LogP contribution in [0.1, 0.15) is 23.0 Å². The van der Waals surface area contributed by atoms with E-state index in [-0.39, 0.29) is 22.8 Å². The highest BCUT2D eigenvalue weighted by molar-refractivity contribution is 8.14. The molecule has 3 rings (SSSR count). The number of rotatable bonds is 5. The van der Waals surface area contributed by atoms with E-state index in [0.29, 0.717) is 22.0 Å². The summed E-state index contributed by atoms with van der Waals surface area (Å²) >= 11 is 5.99. The number of benzene rings is 2. The summed E-state index contributed by atoms with van der Waals surface area (Å²) in [7, 11) is 1.51. The molecule has 0 saturated heterocycles. The fourth-order valence-electron chi connectivity index (χ4n) is 3.11. The molecular formula is C20H17Cl2NO4S. The molecular weight excluding hydrogens is 421 g/mol. The summed E-state index contributed by atoms with van der Waals surface area (Å²) in [5, 5.41) is 0.499. The Hall–Kier alpha value is -2.28. The van der Waals surface area contributed by atoms with E-state index in [0.717, 1.165) is 0 Å². The maximum atomic E-state index is 12.6. The topological polar surface area (TPSA) is 65.4 Å². The zero-order valence-electron chi connectivity index (χ0n) is 15.1. The predicted molar refractivity (Wildman–Crippen MR) is 110 cm³/mol. The lowest BCUT2D eigenvalue weighted by atomic mass is 10.1. The predicted octanol–water partition coefficient (Wildman–Crippen LogP) is 5.21. The molecule has 3 aromatic rings. The van der Waals surface area contributed by atoms with Crippen LogP contribution in [0.5, 0.6) is 0 Å². The first kappa shape index (κ1) is 20.5. The van der Waals surface area contributed by atoms with Gasteiger partial charge >= 0.3 is 5.97 Å². The molecule has 0 radical (unpaired) electrons. The van der Waals surface area contributed by atoms with Crippen molar-refractivity contribution >= 4 is 37.3 Å². The third-order valence-corrected chi connectivity index (χ3v) is 5.82. The fourth-order valence-corrected chi connectivity index (χ4v) is 4.60. The van der Waals surface area contributed by atoms with Crippen molar-refractivity contribution in [3.8, 4) is 16.9 Å². The average Bonchev–Trinajstić information content (AvgIpc) is 2.97. The van der Waals surface area contributed by atoms with Crippen LogP contribution in [0.25, 0.3) is 16.9 Å². The summed E-state index contributed by atoms with van der Waals surface area (Å²) in [6, 6.07) is 15.7. The Balaban J connectivity index is 2.48. The lowest BCUT2D eigenvalue weighted by Gasteiger charge is -2.13. The summed E-state index contributed by atoms with van der Waals surface area (Å²) in [5.74, 6) is -0.746. The molecule has 0 saturated carbocycles. The Labute approximate surface area is 172 Å². The molecule has 28 heavy (non-hydrogen) atoms. The maximum absolute atomic E-state index is 12.6. The van der Waals surface area contributed by atoms with Crippen LogP contribution in [0.4, 0.5) is 0 Å². The van der Waals surface area contributed by atoms with E-state index in [1.807, 2.05) is 30.3 Å². The second-order valence-corrected chi connectivity index (χ2v) is 8.91. The van der Waals surface area contributed by atoms with Crippen molar-refractivity contribution in [2.75, 3.05) is 6.61 Å². The second kappa shape index (κ2) is 7.99. The molecule has 0 atom stereocenters. The van der Waals surface area contributed by atoms with Crippen molar-refractivity contribution in [2.24, 2.45) is 0 Å². The average molecular weight is 438 g/mol. The summed E-state index contributed by atoms with van der Waals surface area (Å²) in [6.45, 7) is 3.41. The molecule has 0 aliphatic rings. The van der Waals surface area contributed by atoms with Crippen molar-refractivity contribution in [1.29, 1.82) is 0 Å². The molecule has 0 aliphatic heterocycles. The van der Waals surface area contributed by atoms with Crippen LogP contribution in [0.3, 0.4) is 0 Å². The summed E-state index contributed by atoms with van der Waals surface area (Å²) < 4.78 is 31.9. The largest absolute Gasteiger partial charge is 0.462 e. The molecule has 1 aromatic heterocycles. The number of esters is 1. The monoisotopic (exact) mass is 437 g/mol. The van der Waals surface area contributed by atoms with Gasteiger partial charge in [0.2, 0.25) is 0 Å². The molecule has 0 N–H and O–H groups in total. The van der Waals surface area contributed by atoms with Gasteiger partial charge < -0.3 is 9.30 Å². The van der Waals surface area contributed by atoms with Crippen LogP contribution in [-0.2, 0) is 13.8 Å². The summed E-state index contributed by atoms with van der Waals surface area (Å²) in [5.41, 5.74) is 1.84. The highest BCUT2D eigenvalue weighted by atomic mass is 35.7. The van der Waals surface area contributed by atoms with Crippen LogP contribution in [-0.4, -0.2) is 25.6 Å². The van der Waals surface area contributed by atoms with Gasteiger partial charge in [0.1, 0.15) is 10.5 Å². The van der Waals surface area contributed by atoms with E-state index < -0.39 is 15.0 Å². The molecule has 1 heterocycles. The van der Waals surface area contributed by atoms with E-state index in [1.165, 1.54) is 0 Å². The van der Waals surface area contributed by atoms with Crippen molar-refractivity contribution in [3.05, 3.63) is 70.9 Å². The van der Waals surface area contributed by atoms with Gasteiger partial charge in [0, 0.05) is 32.6 Å². The summed E-state index contributed by atoms with van der Waals surface area (Å²) in [6.07, 6.45) is 0. The van der Waals surface area contributed by atoms with E-state index >= 15 is 0 Å². The van der Waals surface area contributed by atoms with Crippen molar-refractivity contribution in [3.63, 3.8) is 0 Å². The first-order chi connectivity index (χ1) is 13.3. The number of nitrogens with zero attached hydrogens (tertiary/aromatic N) is 1. The number of para-hydroxylation sites is 1. The first-order valence-corrected chi connectivity index (χ1v) is 11.1. The van der Waals surface area contributed by atoms with Gasteiger partial charge in [-0.2, -0.15) is 0 Å². The van der Waals surface area contributed by atoms with Crippen LogP contribution >= 0.6 is 22.3 Å². The lowest BCUT2D eigenvalue weighted by molar-refractivity contribution is 0.0521. The van der Waals surface area contributed by atoms with E-state index in [2.05, 4.69) is 0 Å². The summed E-state index contributed by atoms with van der Waals surface area (Å²) in [4.78, 5) is 12.4. The number of halogens is 2. The van der Waals surface area contributed by atoms with Gasteiger partial charge in [0.15, 0.2) is 0 Å². The molecule has 146 valence electrons. The quantitative estimate of drug-likeness (QED) is 0.405. The van der Waals surface area contributed by atoms with E-state index in [4.69, 9.17) is 27.0 Å². The Morgan fingerprint density at radius 1 is 1.07 bits per heavy atom. The minimum absolute atomic E-state index is 0.0781. The van der Waals surface area contributed by atoms with Gasteiger partial charge in [-0.1, -0.05) is 41.9 Å². The first-order valence-electron chi connectivity index (χ1n) is 8.44. The van der Waals surface area contributed by atoms with Gasteiger partial charge in [-0.05, 0) is 38.1 Å². The van der Waals surface area contributed by atoms with Crippen LogP contribution in [0.2, 0.25) is 5.02 Å². The number of ether oxygens (including phenoxy) is 1. The maximum Gasteiger partial charge on any atom is 0.341 e. The highest BCUT2D eigenvalue weighted by Crippen LogP contribution is 2.39. The minimum Gasteiger partial charge on any atom is -0.462 e. The molecule has 8 heteroatoms. The number of hydrogen-bond donors (Lipinski definition) is 0. The van der Waals surface area contributed by atoms with Crippen LogP contribution in [0.15, 0.2) is 59.5 Å². The third kappa shape index (κ3) is 3.81. The molecule has 0 amide bonds. The molecule has 0 aliphatic carbocycles. The number of hydrogen-bond acceptors (Lipinski definition) is 4. The SMILES string of the molecule is CCOC(=O)c1c(S(=O)(=O)Cl)c(-c2ccc(Cl)cc2)n(-c2ccccc2)c1C. The van der Waals surface area contributed by atoms with Gasteiger partial charge in [-0.15, -0.1) is 0 Å². The van der Waals surface area contributed by atoms with E-state index in [1.54, 1.807) is 42.7 Å². The Bertz CT molecular complexity index is 1120. The Morgan fingerprint density at radius 2 is 1.68 bits per heavy atom.